The van der Waals surface area contributed by atoms with Crippen molar-refractivity contribution in [3.05, 3.63) is 102 Å². The molecule has 1 heterocycles. The van der Waals surface area contributed by atoms with E-state index in [4.69, 9.17) is 4.74 Å². The van der Waals surface area contributed by atoms with Crippen LogP contribution < -0.4 is 14.9 Å². The van der Waals surface area contributed by atoms with Gasteiger partial charge in [0.2, 0.25) is 0 Å². The van der Waals surface area contributed by atoms with Crippen LogP contribution in [0.4, 0.5) is 8.78 Å². The largest absolute Gasteiger partial charge is 0.487 e. The third-order valence-electron chi connectivity index (χ3n) is 4.71. The van der Waals surface area contributed by atoms with Crippen LogP contribution in [0.2, 0.25) is 0 Å². The lowest BCUT2D eigenvalue weighted by Gasteiger charge is -2.09. The molecule has 0 saturated heterocycles. The second-order valence-corrected chi connectivity index (χ2v) is 6.93. The Morgan fingerprint density at radius 2 is 1.73 bits per heavy atom. The maximum atomic E-state index is 12.5. The second-order valence-electron chi connectivity index (χ2n) is 6.93. The van der Waals surface area contributed by atoms with Gasteiger partial charge in [0.25, 0.3) is 5.91 Å². The van der Waals surface area contributed by atoms with E-state index < -0.39 is 12.5 Å². The fourth-order valence-corrected chi connectivity index (χ4v) is 3.12. The second kappa shape index (κ2) is 10.3. The number of para-hydroxylation sites is 2. The van der Waals surface area contributed by atoms with Crippen molar-refractivity contribution < 1.29 is 23.0 Å². The van der Waals surface area contributed by atoms with Crippen molar-refractivity contribution in [2.45, 2.75) is 13.2 Å². The predicted octanol–water partition coefficient (Wildman–Crippen LogP) is 5.18. The molecule has 0 fully saturated rings. The molecule has 33 heavy (non-hydrogen) atoms. The average Bonchev–Trinajstić information content (AvgIpc) is 2.83. The number of hydrogen-bond donors (Lipinski definition) is 1. The first-order valence-electron chi connectivity index (χ1n) is 10.0. The number of halogens is 2. The van der Waals surface area contributed by atoms with Crippen molar-refractivity contribution in [2.24, 2.45) is 5.10 Å². The van der Waals surface area contributed by atoms with Gasteiger partial charge in [0.1, 0.15) is 23.6 Å². The van der Waals surface area contributed by atoms with Crippen LogP contribution in [0.15, 0.2) is 90.2 Å². The number of alkyl halides is 2. The zero-order chi connectivity index (χ0) is 23.0. The Labute approximate surface area is 188 Å². The van der Waals surface area contributed by atoms with E-state index in [1.165, 1.54) is 12.3 Å². The van der Waals surface area contributed by atoms with Crippen molar-refractivity contribution >= 4 is 23.0 Å². The fourth-order valence-electron chi connectivity index (χ4n) is 3.12. The van der Waals surface area contributed by atoms with E-state index in [-0.39, 0.29) is 5.75 Å². The highest BCUT2D eigenvalue weighted by Gasteiger charge is 2.09. The molecule has 0 atom stereocenters. The topological polar surface area (TPSA) is 72.8 Å². The Morgan fingerprint density at radius 1 is 0.970 bits per heavy atom. The minimum absolute atomic E-state index is 0.0313. The molecule has 0 saturated carbocycles. The molecule has 3 aromatic carbocycles. The lowest BCUT2D eigenvalue weighted by atomic mass is 10.1. The minimum atomic E-state index is -2.95. The predicted molar refractivity (Wildman–Crippen MR) is 121 cm³/mol. The summed E-state index contributed by atoms with van der Waals surface area (Å²) in [6.45, 7) is -2.63. The number of pyridine rings is 1. The number of carbonyl (C=O) groups excluding carboxylic acids is 1. The lowest BCUT2D eigenvalue weighted by molar-refractivity contribution is -0.0499. The van der Waals surface area contributed by atoms with Crippen LogP contribution >= 0.6 is 0 Å². The first-order valence-corrected chi connectivity index (χ1v) is 10.0. The van der Waals surface area contributed by atoms with E-state index in [1.54, 1.807) is 48.7 Å². The van der Waals surface area contributed by atoms with Crippen molar-refractivity contribution in [3.63, 3.8) is 0 Å². The molecule has 1 N–H and O–H groups in total. The molecule has 166 valence electrons. The van der Waals surface area contributed by atoms with Gasteiger partial charge >= 0.3 is 6.61 Å². The van der Waals surface area contributed by atoms with Gasteiger partial charge in [-0.1, -0.05) is 42.5 Å². The van der Waals surface area contributed by atoms with Crippen molar-refractivity contribution in [1.82, 2.24) is 10.4 Å². The summed E-state index contributed by atoms with van der Waals surface area (Å²) in [6, 6.07) is 22.6. The van der Waals surface area contributed by atoms with Crippen LogP contribution in [0.1, 0.15) is 21.5 Å². The highest BCUT2D eigenvalue weighted by molar-refractivity contribution is 5.95. The number of carbonyl (C=O) groups is 1. The monoisotopic (exact) mass is 447 g/mol. The highest BCUT2D eigenvalue weighted by Crippen LogP contribution is 2.24. The van der Waals surface area contributed by atoms with Crippen LogP contribution in [0.3, 0.4) is 0 Å². The quantitative estimate of drug-likeness (QED) is 0.298. The van der Waals surface area contributed by atoms with Gasteiger partial charge in [-0.15, -0.1) is 0 Å². The molecule has 0 aliphatic rings. The smallest absolute Gasteiger partial charge is 0.387 e. The number of hydrazone groups is 1. The molecule has 0 unspecified atom stereocenters. The molecule has 1 aromatic heterocycles. The molecule has 4 aromatic rings. The van der Waals surface area contributed by atoms with Crippen LogP contribution in [-0.2, 0) is 6.61 Å². The van der Waals surface area contributed by atoms with E-state index in [9.17, 15) is 13.6 Å². The summed E-state index contributed by atoms with van der Waals surface area (Å²) in [5, 5.41) is 4.82. The van der Waals surface area contributed by atoms with Gasteiger partial charge in [0.05, 0.1) is 6.21 Å². The number of nitrogens with zero attached hydrogens (tertiary/aromatic N) is 2. The normalized spacial score (nSPS) is 11.1. The van der Waals surface area contributed by atoms with Crippen LogP contribution in [0, 0.1) is 0 Å². The summed E-state index contributed by atoms with van der Waals surface area (Å²) in [4.78, 5) is 16.7. The summed E-state index contributed by atoms with van der Waals surface area (Å²) in [5.74, 6) is 0.209. The molecule has 1 amide bonds. The first-order chi connectivity index (χ1) is 16.1. The molecular formula is C25H19F2N3O3. The van der Waals surface area contributed by atoms with Crippen LogP contribution in [0.5, 0.6) is 11.5 Å². The highest BCUT2D eigenvalue weighted by atomic mass is 19.3. The standard InChI is InChI=1S/C25H19F2N3O3/c26-25(27)33-21-8-2-1-5-20(21)15-29-30-24(31)19-12-10-17(11-13-19)16-32-22-9-3-6-18-7-4-14-28-23(18)22/h1-15,25H,16H2,(H,30,31). The van der Waals surface area contributed by atoms with Crippen molar-refractivity contribution in [2.75, 3.05) is 0 Å². The Morgan fingerprint density at radius 3 is 2.55 bits per heavy atom. The molecule has 4 rings (SSSR count). The number of fused-ring (bicyclic) bond motifs is 1. The number of benzene rings is 3. The van der Waals surface area contributed by atoms with E-state index in [0.717, 1.165) is 16.5 Å². The Kier molecular flexibility index (Phi) is 6.84. The lowest BCUT2D eigenvalue weighted by Crippen LogP contribution is -2.17. The molecular weight excluding hydrogens is 428 g/mol. The van der Waals surface area contributed by atoms with Crippen LogP contribution in [-0.4, -0.2) is 23.7 Å². The van der Waals surface area contributed by atoms with Crippen LogP contribution in [0.25, 0.3) is 10.9 Å². The Hall–Kier alpha value is -4.33. The summed E-state index contributed by atoms with van der Waals surface area (Å²) in [5.41, 5.74) is 4.74. The number of hydrogen-bond acceptors (Lipinski definition) is 5. The zero-order valence-electron chi connectivity index (χ0n) is 17.3. The van der Waals surface area contributed by atoms with Gasteiger partial charge < -0.3 is 9.47 Å². The van der Waals surface area contributed by atoms with Gasteiger partial charge in [-0.05, 0) is 42.0 Å². The summed E-state index contributed by atoms with van der Waals surface area (Å²) in [7, 11) is 0. The molecule has 0 aliphatic heterocycles. The minimum Gasteiger partial charge on any atom is -0.487 e. The average molecular weight is 447 g/mol. The number of amides is 1. The van der Waals surface area contributed by atoms with E-state index in [1.807, 2.05) is 30.3 Å². The summed E-state index contributed by atoms with van der Waals surface area (Å²) in [6.07, 6.45) is 2.96. The van der Waals surface area contributed by atoms with Gasteiger partial charge in [-0.3, -0.25) is 9.78 Å². The number of nitrogens with one attached hydrogen (secondary N) is 1. The van der Waals surface area contributed by atoms with Crippen molar-refractivity contribution in [3.8, 4) is 11.5 Å². The zero-order valence-corrected chi connectivity index (χ0v) is 17.3. The molecule has 8 heteroatoms. The van der Waals surface area contributed by atoms with Gasteiger partial charge in [0.15, 0.2) is 0 Å². The molecule has 0 bridgehead atoms. The Balaban J connectivity index is 1.35. The summed E-state index contributed by atoms with van der Waals surface area (Å²) < 4.78 is 35.3. The number of rotatable bonds is 8. The van der Waals surface area contributed by atoms with E-state index in [2.05, 4.69) is 20.2 Å². The third-order valence-corrected chi connectivity index (χ3v) is 4.71. The fraction of sp³-hybridized carbons (Fsp3) is 0.0800. The van der Waals surface area contributed by atoms with Gasteiger partial charge in [0, 0.05) is 22.7 Å². The maximum absolute atomic E-state index is 12.5. The molecule has 0 radical (unpaired) electrons. The first kappa shape index (κ1) is 21.9. The molecule has 6 nitrogen and oxygen atoms in total. The van der Waals surface area contributed by atoms with Gasteiger partial charge in [-0.25, -0.2) is 5.43 Å². The molecule has 0 aliphatic carbocycles. The number of ether oxygens (including phenoxy) is 2. The third kappa shape index (κ3) is 5.68. The maximum Gasteiger partial charge on any atom is 0.387 e. The SMILES string of the molecule is O=C(NN=Cc1ccccc1OC(F)F)c1ccc(COc2cccc3cccnc23)cc1. The van der Waals surface area contributed by atoms with E-state index in [0.29, 0.717) is 23.5 Å². The number of aromatic nitrogens is 1. The molecule has 0 spiro atoms. The Bertz CT molecular complexity index is 1270. The summed E-state index contributed by atoms with van der Waals surface area (Å²) >= 11 is 0. The van der Waals surface area contributed by atoms with Gasteiger partial charge in [-0.2, -0.15) is 13.9 Å². The van der Waals surface area contributed by atoms with E-state index >= 15 is 0 Å². The van der Waals surface area contributed by atoms with Crippen molar-refractivity contribution in [1.29, 1.82) is 0 Å².